The number of methoxy groups -OCH3 is 1. The van der Waals surface area contributed by atoms with E-state index in [4.69, 9.17) is 20.6 Å². The SMILES string of the molecule is COc1cc(C)c(-c2nc3ccccc3c(=O)n2N=Cc2c(C)n(CC(N)=O)c3ccccc23)cc1C(C)C. The zero-order chi connectivity index (χ0) is 27.8. The highest BCUT2D eigenvalue weighted by Gasteiger charge is 2.19. The molecule has 0 aliphatic rings. The Labute approximate surface area is 226 Å². The van der Waals surface area contributed by atoms with Crippen LogP contribution in [0, 0.1) is 13.8 Å². The molecule has 39 heavy (non-hydrogen) atoms. The van der Waals surface area contributed by atoms with Crippen LogP contribution in [-0.2, 0) is 11.3 Å². The van der Waals surface area contributed by atoms with Gasteiger partial charge in [0.1, 0.15) is 12.3 Å². The molecule has 0 saturated heterocycles. The van der Waals surface area contributed by atoms with Gasteiger partial charge in [0.2, 0.25) is 5.91 Å². The summed E-state index contributed by atoms with van der Waals surface area (Å²) in [6.07, 6.45) is 1.67. The maximum absolute atomic E-state index is 13.8. The summed E-state index contributed by atoms with van der Waals surface area (Å²) >= 11 is 0. The quantitative estimate of drug-likeness (QED) is 0.300. The fourth-order valence-electron chi connectivity index (χ4n) is 5.07. The van der Waals surface area contributed by atoms with Crippen LogP contribution in [0.3, 0.4) is 0 Å². The Bertz CT molecular complexity index is 1830. The largest absolute Gasteiger partial charge is 0.496 e. The first-order chi connectivity index (χ1) is 18.7. The number of benzene rings is 3. The molecule has 0 atom stereocenters. The highest BCUT2D eigenvalue weighted by molar-refractivity contribution is 6.01. The highest BCUT2D eigenvalue weighted by atomic mass is 16.5. The van der Waals surface area contributed by atoms with Crippen molar-refractivity contribution in [2.24, 2.45) is 10.8 Å². The van der Waals surface area contributed by atoms with Gasteiger partial charge in [0.05, 0.1) is 24.2 Å². The number of nitrogens with two attached hydrogens (primary N) is 1. The number of hydrogen-bond acceptors (Lipinski definition) is 5. The highest BCUT2D eigenvalue weighted by Crippen LogP contribution is 2.34. The van der Waals surface area contributed by atoms with Gasteiger partial charge in [-0.05, 0) is 61.2 Å². The van der Waals surface area contributed by atoms with Gasteiger partial charge in [0.25, 0.3) is 5.56 Å². The monoisotopic (exact) mass is 521 g/mol. The molecule has 1 amide bonds. The molecule has 2 aromatic heterocycles. The number of aryl methyl sites for hydroxylation is 1. The van der Waals surface area contributed by atoms with Gasteiger partial charge in [0, 0.05) is 27.7 Å². The van der Waals surface area contributed by atoms with Crippen molar-refractivity contribution < 1.29 is 9.53 Å². The van der Waals surface area contributed by atoms with Gasteiger partial charge in [-0.3, -0.25) is 9.59 Å². The van der Waals surface area contributed by atoms with Gasteiger partial charge in [-0.15, -0.1) is 0 Å². The summed E-state index contributed by atoms with van der Waals surface area (Å²) in [5.41, 5.74) is 11.1. The standard InChI is InChI=1S/C31H31N5O3/c1-18(2)23-15-24(19(3)14-28(23)39-5)30-34-26-12-8-6-11-22(26)31(38)36(30)33-16-25-20(4)35(17-29(32)37)27-13-9-7-10-21(25)27/h6-16,18H,17H2,1-5H3,(H2,32,37). The lowest BCUT2D eigenvalue weighted by atomic mass is 9.96. The van der Waals surface area contributed by atoms with E-state index in [1.165, 1.54) is 4.68 Å². The molecule has 0 fully saturated rings. The van der Waals surface area contributed by atoms with Gasteiger partial charge < -0.3 is 15.0 Å². The van der Waals surface area contributed by atoms with Crippen molar-refractivity contribution in [3.63, 3.8) is 0 Å². The van der Waals surface area contributed by atoms with Crippen LogP contribution in [0.2, 0.25) is 0 Å². The first kappa shape index (κ1) is 25.9. The lowest BCUT2D eigenvalue weighted by Gasteiger charge is -2.17. The molecule has 8 nitrogen and oxygen atoms in total. The Kier molecular flexibility index (Phi) is 6.78. The molecule has 0 aliphatic heterocycles. The molecular formula is C31H31N5O3. The zero-order valence-corrected chi connectivity index (χ0v) is 22.7. The molecule has 2 N–H and O–H groups in total. The van der Waals surface area contributed by atoms with E-state index in [1.54, 1.807) is 19.4 Å². The van der Waals surface area contributed by atoms with Crippen LogP contribution in [0.25, 0.3) is 33.2 Å². The molecule has 8 heteroatoms. The number of carbonyl (C=O) groups is 1. The average Bonchev–Trinajstić information content (AvgIpc) is 3.17. The van der Waals surface area contributed by atoms with E-state index in [1.807, 2.05) is 73.0 Å². The Morgan fingerprint density at radius 3 is 2.46 bits per heavy atom. The van der Waals surface area contributed by atoms with Crippen LogP contribution in [0.15, 0.2) is 70.6 Å². The van der Waals surface area contributed by atoms with Crippen LogP contribution in [0.5, 0.6) is 5.75 Å². The molecule has 0 bridgehead atoms. The lowest BCUT2D eigenvalue weighted by molar-refractivity contribution is -0.118. The Morgan fingerprint density at radius 1 is 1.08 bits per heavy atom. The smallest absolute Gasteiger partial charge is 0.282 e. The summed E-state index contributed by atoms with van der Waals surface area (Å²) in [7, 11) is 1.66. The van der Waals surface area contributed by atoms with Crippen LogP contribution in [0.1, 0.15) is 42.1 Å². The third-order valence-electron chi connectivity index (χ3n) is 7.09. The summed E-state index contributed by atoms with van der Waals surface area (Å²) in [5, 5.41) is 6.10. The van der Waals surface area contributed by atoms with Gasteiger partial charge in [-0.1, -0.05) is 44.2 Å². The van der Waals surface area contributed by atoms with Crippen LogP contribution in [0.4, 0.5) is 0 Å². The molecule has 3 aromatic carbocycles. The Hall–Kier alpha value is -4.72. The summed E-state index contributed by atoms with van der Waals surface area (Å²) in [5.74, 6) is 0.996. The molecule has 0 radical (unpaired) electrons. The molecule has 5 aromatic rings. The predicted octanol–water partition coefficient (Wildman–Crippen LogP) is 5.13. The summed E-state index contributed by atoms with van der Waals surface area (Å²) in [6, 6.07) is 19.0. The molecule has 2 heterocycles. The molecule has 0 unspecified atom stereocenters. The zero-order valence-electron chi connectivity index (χ0n) is 22.7. The molecular weight excluding hydrogens is 490 g/mol. The van der Waals surface area contributed by atoms with Crippen molar-refractivity contribution in [2.45, 2.75) is 40.2 Å². The first-order valence-electron chi connectivity index (χ1n) is 12.8. The van der Waals surface area contributed by atoms with Gasteiger partial charge in [-0.25, -0.2) is 4.98 Å². The molecule has 198 valence electrons. The molecule has 0 saturated carbocycles. The maximum Gasteiger partial charge on any atom is 0.282 e. The van der Waals surface area contributed by atoms with Gasteiger partial charge in [-0.2, -0.15) is 9.78 Å². The normalized spacial score (nSPS) is 11.7. The third-order valence-corrected chi connectivity index (χ3v) is 7.09. The Balaban J connectivity index is 1.78. The Morgan fingerprint density at radius 2 is 1.77 bits per heavy atom. The minimum atomic E-state index is -0.435. The maximum atomic E-state index is 13.8. The van der Waals surface area contributed by atoms with E-state index < -0.39 is 5.91 Å². The van der Waals surface area contributed by atoms with E-state index >= 15 is 0 Å². The van der Waals surface area contributed by atoms with E-state index in [0.29, 0.717) is 16.7 Å². The van der Waals surface area contributed by atoms with Crippen LogP contribution in [-0.4, -0.2) is 33.5 Å². The molecule has 0 aliphatic carbocycles. The van der Waals surface area contributed by atoms with E-state index in [9.17, 15) is 9.59 Å². The van der Waals surface area contributed by atoms with Gasteiger partial charge >= 0.3 is 0 Å². The van der Waals surface area contributed by atoms with Crippen LogP contribution < -0.4 is 16.0 Å². The summed E-state index contributed by atoms with van der Waals surface area (Å²) < 4.78 is 8.86. The third kappa shape index (κ3) is 4.58. The predicted molar refractivity (Wildman–Crippen MR) is 156 cm³/mol. The van der Waals surface area contributed by atoms with Gasteiger partial charge in [0.15, 0.2) is 5.82 Å². The summed E-state index contributed by atoms with van der Waals surface area (Å²) in [4.78, 5) is 30.5. The van der Waals surface area contributed by atoms with E-state index in [0.717, 1.165) is 44.6 Å². The number of aromatic nitrogens is 3. The number of hydrogen-bond donors (Lipinski definition) is 1. The van der Waals surface area contributed by atoms with E-state index in [-0.39, 0.29) is 18.0 Å². The number of nitrogens with zero attached hydrogens (tertiary/aromatic N) is 4. The number of fused-ring (bicyclic) bond motifs is 2. The lowest BCUT2D eigenvalue weighted by Crippen LogP contribution is -2.21. The number of carbonyl (C=O) groups excluding carboxylic acids is 1. The van der Waals surface area contributed by atoms with Crippen molar-refractivity contribution >= 4 is 33.9 Å². The van der Waals surface area contributed by atoms with Crippen LogP contribution >= 0.6 is 0 Å². The van der Waals surface area contributed by atoms with E-state index in [2.05, 4.69) is 13.8 Å². The number of ether oxygens (including phenoxy) is 1. The molecule has 0 spiro atoms. The fourth-order valence-corrected chi connectivity index (χ4v) is 5.07. The van der Waals surface area contributed by atoms with Crippen molar-refractivity contribution in [1.29, 1.82) is 0 Å². The number of amides is 1. The second-order valence-electron chi connectivity index (χ2n) is 9.95. The average molecular weight is 522 g/mol. The van der Waals surface area contributed by atoms with Crippen molar-refractivity contribution in [1.82, 2.24) is 14.2 Å². The molecule has 5 rings (SSSR count). The van der Waals surface area contributed by atoms with Crippen molar-refractivity contribution in [3.8, 4) is 17.1 Å². The minimum absolute atomic E-state index is 0.0476. The summed E-state index contributed by atoms with van der Waals surface area (Å²) in [6.45, 7) is 8.13. The second-order valence-corrected chi connectivity index (χ2v) is 9.95. The fraction of sp³-hybridized carbons (Fsp3) is 0.226. The second kappa shape index (κ2) is 10.2. The van der Waals surface area contributed by atoms with Crippen molar-refractivity contribution in [3.05, 3.63) is 93.4 Å². The number of primary amides is 1. The number of rotatable bonds is 7. The van der Waals surface area contributed by atoms with Crippen molar-refractivity contribution in [2.75, 3.05) is 7.11 Å². The number of para-hydroxylation sites is 2. The minimum Gasteiger partial charge on any atom is -0.496 e. The topological polar surface area (TPSA) is 104 Å². The first-order valence-corrected chi connectivity index (χ1v) is 12.8.